The number of carbonyl (C=O) groups is 1. The van der Waals surface area contributed by atoms with Crippen molar-refractivity contribution in [3.05, 3.63) is 52.6 Å². The summed E-state index contributed by atoms with van der Waals surface area (Å²) in [6.45, 7) is 4.59. The summed E-state index contributed by atoms with van der Waals surface area (Å²) in [5, 5.41) is 0.704. The smallest absolute Gasteiger partial charge is 0.253 e. The van der Waals surface area contributed by atoms with Crippen molar-refractivity contribution in [2.45, 2.75) is 45.1 Å². The van der Waals surface area contributed by atoms with Gasteiger partial charge < -0.3 is 9.47 Å². The Kier molecular flexibility index (Phi) is 4.55. The molecule has 0 spiro atoms. The number of aromatic nitrogens is 2. The highest BCUT2D eigenvalue weighted by atomic mass is 35.5. The third-order valence-corrected chi connectivity index (χ3v) is 5.80. The van der Waals surface area contributed by atoms with Crippen LogP contribution in [-0.4, -0.2) is 33.4 Å². The fourth-order valence-corrected chi connectivity index (χ4v) is 3.86. The predicted molar refractivity (Wildman–Crippen MR) is 99.0 cm³/mol. The molecule has 2 fully saturated rings. The van der Waals surface area contributed by atoms with E-state index in [4.69, 9.17) is 11.6 Å². The van der Waals surface area contributed by atoms with E-state index in [-0.39, 0.29) is 5.91 Å². The molecule has 0 N–H and O–H groups in total. The van der Waals surface area contributed by atoms with E-state index < -0.39 is 0 Å². The first-order chi connectivity index (χ1) is 12.1. The van der Waals surface area contributed by atoms with Crippen molar-refractivity contribution in [1.82, 2.24) is 14.5 Å². The molecule has 2 heterocycles. The van der Waals surface area contributed by atoms with Gasteiger partial charge in [0, 0.05) is 48.5 Å². The monoisotopic (exact) mass is 357 g/mol. The molecule has 5 heteroatoms. The van der Waals surface area contributed by atoms with Crippen LogP contribution in [0, 0.1) is 12.8 Å². The topological polar surface area (TPSA) is 38.1 Å². The number of amides is 1. The van der Waals surface area contributed by atoms with E-state index in [9.17, 15) is 4.79 Å². The molecule has 1 unspecified atom stereocenters. The number of aryl methyl sites for hydroxylation is 1. The van der Waals surface area contributed by atoms with Gasteiger partial charge in [0.2, 0.25) is 0 Å². The average Bonchev–Trinajstić information content (AvgIpc) is 3.32. The molecular weight excluding hydrogens is 334 g/mol. The van der Waals surface area contributed by atoms with E-state index in [2.05, 4.69) is 15.7 Å². The zero-order chi connectivity index (χ0) is 17.4. The van der Waals surface area contributed by atoms with Gasteiger partial charge in [0.05, 0.1) is 0 Å². The maximum Gasteiger partial charge on any atom is 0.253 e. The van der Waals surface area contributed by atoms with E-state index in [1.54, 1.807) is 0 Å². The number of hydrogen-bond acceptors (Lipinski definition) is 2. The molecule has 4 rings (SSSR count). The molecule has 1 atom stereocenters. The summed E-state index contributed by atoms with van der Waals surface area (Å²) < 4.78 is 2.31. The van der Waals surface area contributed by atoms with Crippen LogP contribution in [0.2, 0.25) is 5.02 Å². The van der Waals surface area contributed by atoms with Crippen LogP contribution in [0.25, 0.3) is 0 Å². The van der Waals surface area contributed by atoms with Crippen molar-refractivity contribution in [2.24, 2.45) is 5.92 Å². The first-order valence-corrected chi connectivity index (χ1v) is 9.56. The number of rotatable bonds is 4. The van der Waals surface area contributed by atoms with Gasteiger partial charge in [0.15, 0.2) is 0 Å². The third-order valence-electron chi connectivity index (χ3n) is 5.38. The first-order valence-electron chi connectivity index (χ1n) is 9.18. The van der Waals surface area contributed by atoms with E-state index in [1.165, 1.54) is 12.8 Å². The van der Waals surface area contributed by atoms with Gasteiger partial charge >= 0.3 is 0 Å². The van der Waals surface area contributed by atoms with E-state index in [0.29, 0.717) is 10.9 Å². The van der Waals surface area contributed by atoms with Gasteiger partial charge in [-0.25, -0.2) is 4.98 Å². The fraction of sp³-hybridized carbons (Fsp3) is 0.500. The van der Waals surface area contributed by atoms with Crippen LogP contribution in [0.15, 0.2) is 30.6 Å². The van der Waals surface area contributed by atoms with Crippen LogP contribution in [-0.2, 0) is 6.54 Å². The van der Waals surface area contributed by atoms with Crippen LogP contribution < -0.4 is 0 Å². The quantitative estimate of drug-likeness (QED) is 0.819. The highest BCUT2D eigenvalue weighted by Gasteiger charge is 2.29. The van der Waals surface area contributed by atoms with Crippen LogP contribution in [0.1, 0.15) is 53.3 Å². The van der Waals surface area contributed by atoms with Crippen molar-refractivity contribution in [2.75, 3.05) is 13.1 Å². The lowest BCUT2D eigenvalue weighted by Crippen LogP contribution is -2.39. The van der Waals surface area contributed by atoms with Crippen LogP contribution in [0.5, 0.6) is 0 Å². The van der Waals surface area contributed by atoms with E-state index in [1.807, 2.05) is 36.2 Å². The summed E-state index contributed by atoms with van der Waals surface area (Å²) in [6.07, 6.45) is 8.80. The molecule has 25 heavy (non-hydrogen) atoms. The standard InChI is InChI=1S/C20H24ClN3O/c1-14-11-16(6-7-18(14)21)20(25)24-9-2-3-17(13-24)19-22-8-10-23(19)12-15-4-5-15/h6-8,10-11,15,17H,2-5,9,12-13H2,1H3. The molecule has 1 saturated heterocycles. The molecule has 132 valence electrons. The van der Waals surface area contributed by atoms with Crippen molar-refractivity contribution < 1.29 is 4.79 Å². The highest BCUT2D eigenvalue weighted by molar-refractivity contribution is 6.31. The number of imidazole rings is 1. The third kappa shape index (κ3) is 3.59. The SMILES string of the molecule is Cc1cc(C(=O)N2CCCC(c3nccn3CC3CC3)C2)ccc1Cl. The van der Waals surface area contributed by atoms with Crippen molar-refractivity contribution in [1.29, 1.82) is 0 Å². The summed E-state index contributed by atoms with van der Waals surface area (Å²) in [4.78, 5) is 19.5. The molecule has 2 aromatic rings. The average molecular weight is 358 g/mol. The first kappa shape index (κ1) is 16.6. The second-order valence-corrected chi connectivity index (χ2v) is 7.84. The molecule has 1 saturated carbocycles. The molecule has 0 radical (unpaired) electrons. The Morgan fingerprint density at radius 2 is 2.16 bits per heavy atom. The number of nitrogens with zero attached hydrogens (tertiary/aromatic N) is 3. The van der Waals surface area contributed by atoms with Gasteiger partial charge in [-0.2, -0.15) is 0 Å². The van der Waals surface area contributed by atoms with Gasteiger partial charge in [-0.15, -0.1) is 0 Å². The van der Waals surface area contributed by atoms with Crippen molar-refractivity contribution >= 4 is 17.5 Å². The molecular formula is C20H24ClN3O. The minimum Gasteiger partial charge on any atom is -0.338 e. The summed E-state index contributed by atoms with van der Waals surface area (Å²) >= 11 is 6.09. The van der Waals surface area contributed by atoms with Crippen LogP contribution in [0.4, 0.5) is 0 Å². The van der Waals surface area contributed by atoms with Gasteiger partial charge in [0.25, 0.3) is 5.91 Å². The second kappa shape index (κ2) is 6.83. The minimum atomic E-state index is 0.102. The minimum absolute atomic E-state index is 0.102. The predicted octanol–water partition coefficient (Wildman–Crippen LogP) is 4.27. The van der Waals surface area contributed by atoms with E-state index in [0.717, 1.165) is 55.3 Å². The number of halogens is 1. The maximum atomic E-state index is 12.9. The molecule has 1 aromatic carbocycles. The molecule has 0 bridgehead atoms. The lowest BCUT2D eigenvalue weighted by molar-refractivity contribution is 0.0703. The van der Waals surface area contributed by atoms with Gasteiger partial charge in [-0.3, -0.25) is 4.79 Å². The lowest BCUT2D eigenvalue weighted by atomic mass is 9.96. The Hall–Kier alpha value is -1.81. The molecule has 4 nitrogen and oxygen atoms in total. The zero-order valence-electron chi connectivity index (χ0n) is 14.6. The van der Waals surface area contributed by atoms with E-state index >= 15 is 0 Å². The lowest BCUT2D eigenvalue weighted by Gasteiger charge is -2.33. The van der Waals surface area contributed by atoms with Crippen LogP contribution >= 0.6 is 11.6 Å². The Bertz CT molecular complexity index is 781. The Labute approximate surface area is 153 Å². The van der Waals surface area contributed by atoms with Gasteiger partial charge in [-0.1, -0.05) is 11.6 Å². The summed E-state index contributed by atoms with van der Waals surface area (Å²) in [6, 6.07) is 5.53. The van der Waals surface area contributed by atoms with Crippen molar-refractivity contribution in [3.63, 3.8) is 0 Å². The highest BCUT2D eigenvalue weighted by Crippen LogP contribution is 2.33. The van der Waals surface area contributed by atoms with Crippen LogP contribution in [0.3, 0.4) is 0 Å². The Morgan fingerprint density at radius 1 is 1.32 bits per heavy atom. The number of carbonyl (C=O) groups excluding carboxylic acids is 1. The van der Waals surface area contributed by atoms with Crippen molar-refractivity contribution in [3.8, 4) is 0 Å². The second-order valence-electron chi connectivity index (χ2n) is 7.44. The molecule has 2 aliphatic rings. The normalized spacial score (nSPS) is 20.7. The Balaban J connectivity index is 1.49. The number of piperidine rings is 1. The molecule has 1 aliphatic carbocycles. The maximum absolute atomic E-state index is 12.9. The fourth-order valence-electron chi connectivity index (χ4n) is 3.75. The number of hydrogen-bond donors (Lipinski definition) is 0. The molecule has 1 aliphatic heterocycles. The van der Waals surface area contributed by atoms with Gasteiger partial charge in [0.1, 0.15) is 5.82 Å². The summed E-state index contributed by atoms with van der Waals surface area (Å²) in [5.74, 6) is 2.41. The Morgan fingerprint density at radius 3 is 2.92 bits per heavy atom. The largest absolute Gasteiger partial charge is 0.338 e. The summed E-state index contributed by atoms with van der Waals surface area (Å²) in [7, 11) is 0. The number of benzene rings is 1. The zero-order valence-corrected chi connectivity index (χ0v) is 15.4. The number of likely N-dealkylation sites (tertiary alicyclic amines) is 1. The van der Waals surface area contributed by atoms with Gasteiger partial charge in [-0.05, 0) is 62.3 Å². The molecule has 1 aromatic heterocycles. The summed E-state index contributed by atoms with van der Waals surface area (Å²) in [5.41, 5.74) is 1.67. The molecule has 1 amide bonds.